The van der Waals surface area contributed by atoms with Crippen molar-refractivity contribution >= 4 is 22.8 Å². The van der Waals surface area contributed by atoms with Crippen molar-refractivity contribution in [2.24, 2.45) is 11.3 Å². The van der Waals surface area contributed by atoms with Crippen molar-refractivity contribution < 1.29 is 37.3 Å². The fourth-order valence-corrected chi connectivity index (χ4v) is 4.47. The van der Waals surface area contributed by atoms with Crippen molar-refractivity contribution in [3.8, 4) is 0 Å². The van der Waals surface area contributed by atoms with E-state index < -0.39 is 12.1 Å². The molecule has 10 heteroatoms. The molecule has 180 valence electrons. The van der Waals surface area contributed by atoms with E-state index >= 15 is 0 Å². The summed E-state index contributed by atoms with van der Waals surface area (Å²) in [5.74, 6) is -2.29. The largest absolute Gasteiger partial charge is 0.490 e. The molecule has 2 fully saturated rings. The Morgan fingerprint density at radius 2 is 1.85 bits per heavy atom. The number of rotatable bonds is 3. The van der Waals surface area contributed by atoms with Crippen molar-refractivity contribution in [1.29, 1.82) is 0 Å². The van der Waals surface area contributed by atoms with Crippen molar-refractivity contribution in [2.45, 2.75) is 25.4 Å². The van der Waals surface area contributed by atoms with Gasteiger partial charge in [-0.2, -0.15) is 13.2 Å². The zero-order valence-electron chi connectivity index (χ0n) is 18.3. The summed E-state index contributed by atoms with van der Waals surface area (Å²) in [5.41, 5.74) is 1.67. The number of fused-ring (bicyclic) bond motifs is 1. The zero-order valence-corrected chi connectivity index (χ0v) is 18.3. The zero-order chi connectivity index (χ0) is 24.1. The molecule has 1 N–H and O–H groups in total. The number of aromatic nitrogens is 1. The first-order chi connectivity index (χ1) is 15.7. The Bertz CT molecular complexity index is 972. The summed E-state index contributed by atoms with van der Waals surface area (Å²) in [5, 5.41) is 8.19. The van der Waals surface area contributed by atoms with Gasteiger partial charge >= 0.3 is 12.1 Å². The molecule has 0 radical (unpaired) electrons. The minimum atomic E-state index is -5.08. The summed E-state index contributed by atoms with van der Waals surface area (Å²) >= 11 is 0. The standard InChI is InChI=1S/C21H26N2O3.C2HF3O2/c1-25-14-17-15-26-13-10-21(17)8-11-23(12-9-21)20(24)19-7-6-16-4-2-3-5-18(16)22-19;3-2(4,5)1(6)7/h2-7,17H,8-15H2,1H3;(H,6,7). The van der Waals surface area contributed by atoms with E-state index in [1.165, 1.54) is 0 Å². The highest BCUT2D eigenvalue weighted by Gasteiger charge is 2.44. The average molecular weight is 468 g/mol. The lowest BCUT2D eigenvalue weighted by Gasteiger charge is -2.48. The number of pyridine rings is 1. The average Bonchev–Trinajstić information content (AvgIpc) is 2.80. The van der Waals surface area contributed by atoms with E-state index in [0.717, 1.165) is 63.1 Å². The van der Waals surface area contributed by atoms with Crippen molar-refractivity contribution in [3.05, 3.63) is 42.1 Å². The quantitative estimate of drug-likeness (QED) is 0.738. The summed E-state index contributed by atoms with van der Waals surface area (Å²) in [4.78, 5) is 28.4. The van der Waals surface area contributed by atoms with E-state index in [4.69, 9.17) is 19.4 Å². The van der Waals surface area contributed by atoms with Gasteiger partial charge in [-0.05, 0) is 36.8 Å². The van der Waals surface area contributed by atoms with E-state index in [-0.39, 0.29) is 11.3 Å². The Kier molecular flexibility index (Phi) is 7.91. The molecule has 1 aromatic heterocycles. The number of piperidine rings is 1. The van der Waals surface area contributed by atoms with Crippen LogP contribution < -0.4 is 0 Å². The molecule has 2 aliphatic heterocycles. The number of alkyl halides is 3. The number of likely N-dealkylation sites (tertiary alicyclic amines) is 1. The van der Waals surface area contributed by atoms with E-state index in [9.17, 15) is 18.0 Å². The molecular formula is C23H27F3N2O5. The van der Waals surface area contributed by atoms with Crippen LogP contribution in [0.3, 0.4) is 0 Å². The maximum Gasteiger partial charge on any atom is 0.490 e. The second kappa shape index (κ2) is 10.5. The Morgan fingerprint density at radius 3 is 2.48 bits per heavy atom. The molecule has 1 unspecified atom stereocenters. The van der Waals surface area contributed by atoms with Gasteiger partial charge in [0.05, 0.1) is 18.7 Å². The second-order valence-corrected chi connectivity index (χ2v) is 8.32. The minimum absolute atomic E-state index is 0.0426. The highest BCUT2D eigenvalue weighted by Crippen LogP contribution is 2.44. The van der Waals surface area contributed by atoms with Gasteiger partial charge in [0.2, 0.25) is 0 Å². The molecule has 2 aliphatic rings. The van der Waals surface area contributed by atoms with Gasteiger partial charge in [0.1, 0.15) is 5.69 Å². The highest BCUT2D eigenvalue weighted by molar-refractivity contribution is 5.95. The summed E-state index contributed by atoms with van der Waals surface area (Å²) in [6.07, 6.45) is -1.98. The number of nitrogens with zero attached hydrogens (tertiary/aromatic N) is 2. The van der Waals surface area contributed by atoms with Crippen molar-refractivity contribution in [1.82, 2.24) is 9.88 Å². The number of hydrogen-bond acceptors (Lipinski definition) is 5. The number of amides is 1. The Hall–Kier alpha value is -2.72. The Morgan fingerprint density at radius 1 is 1.18 bits per heavy atom. The molecule has 4 rings (SSSR count). The summed E-state index contributed by atoms with van der Waals surface area (Å²) in [7, 11) is 1.76. The third-order valence-electron chi connectivity index (χ3n) is 6.40. The number of benzene rings is 1. The first-order valence-corrected chi connectivity index (χ1v) is 10.7. The molecule has 0 aliphatic carbocycles. The van der Waals surface area contributed by atoms with Crippen LogP contribution >= 0.6 is 0 Å². The molecule has 1 atom stereocenters. The van der Waals surface area contributed by atoms with Crippen molar-refractivity contribution in [2.75, 3.05) is 40.0 Å². The number of methoxy groups -OCH3 is 1. The normalized spacial score (nSPS) is 20.2. The van der Waals surface area contributed by atoms with Crippen LogP contribution in [0.1, 0.15) is 29.8 Å². The number of para-hydroxylation sites is 1. The number of aliphatic carboxylic acids is 1. The first kappa shape index (κ1) is 24.9. The fourth-order valence-electron chi connectivity index (χ4n) is 4.47. The predicted octanol–water partition coefficient (Wildman–Crippen LogP) is 3.77. The molecule has 7 nitrogen and oxygen atoms in total. The van der Waals surface area contributed by atoms with Crippen LogP contribution in [0.2, 0.25) is 0 Å². The maximum absolute atomic E-state index is 12.9. The number of carbonyl (C=O) groups is 2. The van der Waals surface area contributed by atoms with Crippen LogP contribution in [0.15, 0.2) is 36.4 Å². The summed E-state index contributed by atoms with van der Waals surface area (Å²) in [6.45, 7) is 3.90. The Balaban J connectivity index is 0.000000383. The lowest BCUT2D eigenvalue weighted by atomic mass is 9.66. The van der Waals surface area contributed by atoms with Gasteiger partial charge in [0, 0.05) is 38.1 Å². The molecular weight excluding hydrogens is 441 g/mol. The van der Waals surface area contributed by atoms with Gasteiger partial charge in [-0.15, -0.1) is 0 Å². The smallest absolute Gasteiger partial charge is 0.475 e. The van der Waals surface area contributed by atoms with Crippen LogP contribution in [-0.2, 0) is 14.3 Å². The third-order valence-corrected chi connectivity index (χ3v) is 6.40. The van der Waals surface area contributed by atoms with Gasteiger partial charge in [0.25, 0.3) is 5.91 Å². The minimum Gasteiger partial charge on any atom is -0.475 e. The fraction of sp³-hybridized carbons (Fsp3) is 0.522. The molecule has 0 bridgehead atoms. The number of carboxylic acids is 1. The van der Waals surface area contributed by atoms with Crippen LogP contribution in [0.4, 0.5) is 13.2 Å². The maximum atomic E-state index is 12.9. The third kappa shape index (κ3) is 6.00. The summed E-state index contributed by atoms with van der Waals surface area (Å²) < 4.78 is 42.8. The number of carbonyl (C=O) groups excluding carboxylic acids is 1. The number of hydrogen-bond donors (Lipinski definition) is 1. The van der Waals surface area contributed by atoms with Gasteiger partial charge in [-0.3, -0.25) is 4.79 Å². The van der Waals surface area contributed by atoms with Gasteiger partial charge in [0.15, 0.2) is 0 Å². The molecule has 2 aromatic rings. The van der Waals surface area contributed by atoms with Crippen LogP contribution in [-0.4, -0.2) is 73.1 Å². The number of carboxylic acid groups (broad SMARTS) is 1. The molecule has 3 heterocycles. The topological polar surface area (TPSA) is 89.0 Å². The molecule has 33 heavy (non-hydrogen) atoms. The van der Waals surface area contributed by atoms with E-state index in [2.05, 4.69) is 4.98 Å². The van der Waals surface area contributed by atoms with Gasteiger partial charge < -0.3 is 19.5 Å². The predicted molar refractivity (Wildman–Crippen MR) is 114 cm³/mol. The van der Waals surface area contributed by atoms with E-state index in [0.29, 0.717) is 11.6 Å². The van der Waals surface area contributed by atoms with Crippen LogP contribution in [0.25, 0.3) is 10.9 Å². The second-order valence-electron chi connectivity index (χ2n) is 8.32. The molecule has 2 saturated heterocycles. The molecule has 1 spiro atoms. The van der Waals surface area contributed by atoms with E-state index in [1.54, 1.807) is 7.11 Å². The number of halogens is 3. The SMILES string of the molecule is COCC1COCCC12CCN(C(=O)c1ccc3ccccc3n1)CC2.O=C(O)C(F)(F)F. The molecule has 0 saturated carbocycles. The first-order valence-electron chi connectivity index (χ1n) is 10.7. The highest BCUT2D eigenvalue weighted by atomic mass is 19.4. The monoisotopic (exact) mass is 468 g/mol. The lowest BCUT2D eigenvalue weighted by Crippen LogP contribution is -2.50. The Labute approximate surface area is 189 Å². The van der Waals surface area contributed by atoms with Gasteiger partial charge in [-0.25, -0.2) is 9.78 Å². The van der Waals surface area contributed by atoms with Crippen molar-refractivity contribution in [3.63, 3.8) is 0 Å². The van der Waals surface area contributed by atoms with Gasteiger partial charge in [-0.1, -0.05) is 24.3 Å². The number of ether oxygens (including phenoxy) is 2. The van der Waals surface area contributed by atoms with Crippen LogP contribution in [0, 0.1) is 11.3 Å². The van der Waals surface area contributed by atoms with Crippen LogP contribution in [0.5, 0.6) is 0 Å². The summed E-state index contributed by atoms with van der Waals surface area (Å²) in [6, 6.07) is 11.7. The van der Waals surface area contributed by atoms with E-state index in [1.807, 2.05) is 41.3 Å². The molecule has 1 aromatic carbocycles. The lowest BCUT2D eigenvalue weighted by molar-refractivity contribution is -0.192. The molecule has 1 amide bonds.